The predicted octanol–water partition coefficient (Wildman–Crippen LogP) is 1.95. The zero-order chi connectivity index (χ0) is 13.1. The Morgan fingerprint density at radius 2 is 2.18 bits per heavy atom. The Hall–Kier alpha value is -1.26. The molecule has 0 aliphatic rings. The number of aliphatic hydroxyl groups is 1. The topological polar surface area (TPSA) is 55.8 Å². The first-order valence-electron chi connectivity index (χ1n) is 5.06. The third-order valence-electron chi connectivity index (χ3n) is 2.27. The van der Waals surface area contributed by atoms with Crippen molar-refractivity contribution in [3.8, 4) is 5.75 Å². The van der Waals surface area contributed by atoms with Gasteiger partial charge in [0.15, 0.2) is 5.60 Å². The van der Waals surface area contributed by atoms with Crippen LogP contribution in [0.25, 0.3) is 0 Å². The van der Waals surface area contributed by atoms with Crippen LogP contribution in [0.2, 0.25) is 5.02 Å². The van der Waals surface area contributed by atoms with Crippen molar-refractivity contribution in [2.75, 3.05) is 13.7 Å². The highest BCUT2D eigenvalue weighted by Gasteiger charge is 2.32. The van der Waals surface area contributed by atoms with Crippen molar-refractivity contribution in [1.82, 2.24) is 0 Å². The van der Waals surface area contributed by atoms with Crippen LogP contribution in [-0.4, -0.2) is 30.4 Å². The van der Waals surface area contributed by atoms with Gasteiger partial charge in [-0.05, 0) is 37.6 Å². The standard InChI is InChI=1S/C12H15ClO4/c1-8-6-9(13)4-5-10(8)17-7-12(2,15)11(14)16-3/h4-6,15H,7H2,1-3H3. The first kappa shape index (κ1) is 13.8. The van der Waals surface area contributed by atoms with E-state index in [4.69, 9.17) is 16.3 Å². The number of carbonyl (C=O) groups is 1. The van der Waals surface area contributed by atoms with Gasteiger partial charge in [-0.25, -0.2) is 4.79 Å². The van der Waals surface area contributed by atoms with Crippen LogP contribution in [0.4, 0.5) is 0 Å². The molecule has 1 rings (SSSR count). The van der Waals surface area contributed by atoms with E-state index in [-0.39, 0.29) is 6.61 Å². The summed E-state index contributed by atoms with van der Waals surface area (Å²) in [6.45, 7) is 2.99. The Kier molecular flexibility index (Phi) is 4.37. The second-order valence-electron chi connectivity index (χ2n) is 3.96. The summed E-state index contributed by atoms with van der Waals surface area (Å²) in [5.74, 6) is -0.164. The van der Waals surface area contributed by atoms with E-state index in [2.05, 4.69) is 4.74 Å². The second-order valence-corrected chi connectivity index (χ2v) is 4.40. The van der Waals surface area contributed by atoms with Crippen molar-refractivity contribution in [1.29, 1.82) is 0 Å². The maximum absolute atomic E-state index is 11.2. The molecule has 17 heavy (non-hydrogen) atoms. The van der Waals surface area contributed by atoms with E-state index in [1.165, 1.54) is 14.0 Å². The predicted molar refractivity (Wildman–Crippen MR) is 64.3 cm³/mol. The third kappa shape index (κ3) is 3.61. The first-order valence-corrected chi connectivity index (χ1v) is 5.44. The number of halogens is 1. The highest BCUT2D eigenvalue weighted by molar-refractivity contribution is 6.30. The molecule has 0 amide bonds. The number of aryl methyl sites for hydroxylation is 1. The smallest absolute Gasteiger partial charge is 0.341 e. The molecule has 94 valence electrons. The second kappa shape index (κ2) is 5.38. The van der Waals surface area contributed by atoms with Crippen LogP contribution >= 0.6 is 11.6 Å². The highest BCUT2D eigenvalue weighted by atomic mass is 35.5. The molecule has 0 bridgehead atoms. The van der Waals surface area contributed by atoms with Crippen molar-refractivity contribution in [3.05, 3.63) is 28.8 Å². The lowest BCUT2D eigenvalue weighted by molar-refractivity contribution is -0.163. The Morgan fingerprint density at radius 3 is 2.71 bits per heavy atom. The van der Waals surface area contributed by atoms with E-state index >= 15 is 0 Å². The van der Waals surface area contributed by atoms with E-state index < -0.39 is 11.6 Å². The zero-order valence-electron chi connectivity index (χ0n) is 9.99. The summed E-state index contributed by atoms with van der Waals surface area (Å²) in [5, 5.41) is 10.4. The molecule has 0 aliphatic carbocycles. The van der Waals surface area contributed by atoms with Gasteiger partial charge in [-0.15, -0.1) is 0 Å². The molecule has 0 heterocycles. The third-order valence-corrected chi connectivity index (χ3v) is 2.51. The number of esters is 1. The Labute approximate surface area is 105 Å². The lowest BCUT2D eigenvalue weighted by Crippen LogP contribution is -2.42. The SMILES string of the molecule is COC(=O)C(C)(O)COc1ccc(Cl)cc1C. The molecular formula is C12H15ClO4. The quantitative estimate of drug-likeness (QED) is 0.839. The van der Waals surface area contributed by atoms with Gasteiger partial charge >= 0.3 is 5.97 Å². The molecule has 5 heteroatoms. The number of ether oxygens (including phenoxy) is 2. The molecule has 0 fully saturated rings. The van der Waals surface area contributed by atoms with Crippen molar-refractivity contribution >= 4 is 17.6 Å². The number of hydrogen-bond acceptors (Lipinski definition) is 4. The van der Waals surface area contributed by atoms with Gasteiger partial charge in [-0.2, -0.15) is 0 Å². The number of methoxy groups -OCH3 is 1. The molecule has 0 aliphatic heterocycles. The Morgan fingerprint density at radius 1 is 1.53 bits per heavy atom. The lowest BCUT2D eigenvalue weighted by Gasteiger charge is -2.21. The van der Waals surface area contributed by atoms with Gasteiger partial charge < -0.3 is 14.6 Å². The fraction of sp³-hybridized carbons (Fsp3) is 0.417. The summed E-state index contributed by atoms with van der Waals surface area (Å²) in [4.78, 5) is 11.2. The molecule has 1 unspecified atom stereocenters. The molecule has 1 N–H and O–H groups in total. The van der Waals surface area contributed by atoms with Gasteiger partial charge in [0.1, 0.15) is 12.4 Å². The average molecular weight is 259 g/mol. The maximum atomic E-state index is 11.2. The fourth-order valence-electron chi connectivity index (χ4n) is 1.27. The summed E-state index contributed by atoms with van der Waals surface area (Å²) >= 11 is 5.80. The van der Waals surface area contributed by atoms with E-state index in [1.807, 2.05) is 6.92 Å². The Bertz CT molecular complexity index is 415. The molecule has 4 nitrogen and oxygen atoms in total. The van der Waals surface area contributed by atoms with Gasteiger partial charge in [0.05, 0.1) is 7.11 Å². The van der Waals surface area contributed by atoms with Crippen LogP contribution in [0.15, 0.2) is 18.2 Å². The molecule has 0 aromatic heterocycles. The van der Waals surface area contributed by atoms with Crippen LogP contribution < -0.4 is 4.74 Å². The Balaban J connectivity index is 2.70. The maximum Gasteiger partial charge on any atom is 0.341 e. The fourth-order valence-corrected chi connectivity index (χ4v) is 1.50. The lowest BCUT2D eigenvalue weighted by atomic mass is 10.1. The molecule has 0 saturated heterocycles. The minimum absolute atomic E-state index is 0.178. The minimum Gasteiger partial charge on any atom is -0.490 e. The van der Waals surface area contributed by atoms with E-state index in [1.54, 1.807) is 18.2 Å². The summed E-state index contributed by atoms with van der Waals surface area (Å²) in [6.07, 6.45) is 0. The van der Waals surface area contributed by atoms with Crippen molar-refractivity contribution in [3.63, 3.8) is 0 Å². The average Bonchev–Trinajstić information content (AvgIpc) is 2.26. The molecule has 0 spiro atoms. The van der Waals surface area contributed by atoms with Crippen LogP contribution in [0, 0.1) is 6.92 Å². The molecule has 1 aromatic carbocycles. The van der Waals surface area contributed by atoms with Crippen molar-refractivity contribution in [2.24, 2.45) is 0 Å². The molecule has 1 aromatic rings. The van der Waals surface area contributed by atoms with Gasteiger partial charge in [0.2, 0.25) is 0 Å². The minimum atomic E-state index is -1.67. The zero-order valence-corrected chi connectivity index (χ0v) is 10.7. The summed E-state index contributed by atoms with van der Waals surface area (Å²) < 4.78 is 9.83. The summed E-state index contributed by atoms with van der Waals surface area (Å²) in [7, 11) is 1.21. The first-order chi connectivity index (χ1) is 7.86. The van der Waals surface area contributed by atoms with Gasteiger partial charge in [-0.3, -0.25) is 0 Å². The summed E-state index contributed by atoms with van der Waals surface area (Å²) in [6, 6.07) is 5.10. The highest BCUT2D eigenvalue weighted by Crippen LogP contribution is 2.22. The number of hydrogen-bond donors (Lipinski definition) is 1. The van der Waals surface area contributed by atoms with Gasteiger partial charge in [-0.1, -0.05) is 11.6 Å². The summed E-state index contributed by atoms with van der Waals surface area (Å²) in [5.41, 5.74) is -0.834. The number of rotatable bonds is 4. The van der Waals surface area contributed by atoms with E-state index in [0.717, 1.165) is 5.56 Å². The van der Waals surface area contributed by atoms with E-state index in [9.17, 15) is 9.90 Å². The van der Waals surface area contributed by atoms with E-state index in [0.29, 0.717) is 10.8 Å². The van der Waals surface area contributed by atoms with Gasteiger partial charge in [0, 0.05) is 5.02 Å². The molecule has 0 saturated carbocycles. The molecular weight excluding hydrogens is 244 g/mol. The van der Waals surface area contributed by atoms with Crippen LogP contribution in [-0.2, 0) is 9.53 Å². The van der Waals surface area contributed by atoms with Crippen molar-refractivity contribution in [2.45, 2.75) is 19.4 Å². The normalized spacial score (nSPS) is 13.9. The largest absolute Gasteiger partial charge is 0.490 e. The van der Waals surface area contributed by atoms with Crippen LogP contribution in [0.1, 0.15) is 12.5 Å². The van der Waals surface area contributed by atoms with Crippen LogP contribution in [0.5, 0.6) is 5.75 Å². The number of benzene rings is 1. The van der Waals surface area contributed by atoms with Crippen LogP contribution in [0.3, 0.4) is 0 Å². The number of carbonyl (C=O) groups excluding carboxylic acids is 1. The van der Waals surface area contributed by atoms with Gasteiger partial charge in [0.25, 0.3) is 0 Å². The molecule has 1 atom stereocenters. The van der Waals surface area contributed by atoms with Crippen molar-refractivity contribution < 1.29 is 19.4 Å². The molecule has 0 radical (unpaired) electrons. The monoisotopic (exact) mass is 258 g/mol.